The Hall–Kier alpha value is -3.36. The number of hydrogen-bond acceptors (Lipinski definition) is 4. The molecule has 2 heterocycles. The number of anilines is 2. The van der Waals surface area contributed by atoms with Crippen LogP contribution >= 0.6 is 54.5 Å². The lowest BCUT2D eigenvalue weighted by Crippen LogP contribution is -2.13. The van der Waals surface area contributed by atoms with E-state index in [1.807, 2.05) is 48.5 Å². The van der Waals surface area contributed by atoms with E-state index < -0.39 is 11.7 Å². The molecule has 4 aromatic rings. The summed E-state index contributed by atoms with van der Waals surface area (Å²) in [5, 5.41) is 5.60. The van der Waals surface area contributed by atoms with Gasteiger partial charge in [-0.15, -0.1) is 0 Å². The average molecular weight is 824 g/mol. The fourth-order valence-electron chi connectivity index (χ4n) is 4.44. The number of fused-ring (bicyclic) bond motifs is 2. The molecular formula is C31H20Br2F3IN4O2. The van der Waals surface area contributed by atoms with Gasteiger partial charge in [-0.3, -0.25) is 19.6 Å². The van der Waals surface area contributed by atoms with E-state index >= 15 is 0 Å². The number of carbonyl (C=O) groups is 2. The predicted octanol–water partition coefficient (Wildman–Crippen LogP) is 8.10. The molecule has 218 valence electrons. The number of hydrogen-bond donors (Lipinski definition) is 2. The monoisotopic (exact) mass is 822 g/mol. The van der Waals surface area contributed by atoms with Gasteiger partial charge in [0.15, 0.2) is 0 Å². The second-order valence-corrected chi connectivity index (χ2v) is 12.5. The normalized spacial score (nSPS) is 14.4. The number of amides is 2. The van der Waals surface area contributed by atoms with Gasteiger partial charge in [0, 0.05) is 34.8 Å². The van der Waals surface area contributed by atoms with Gasteiger partial charge < -0.3 is 10.6 Å². The second-order valence-electron chi connectivity index (χ2n) is 9.39. The Labute approximate surface area is 275 Å². The zero-order valence-electron chi connectivity index (χ0n) is 22.0. The minimum Gasteiger partial charge on any atom is -0.324 e. The summed E-state index contributed by atoms with van der Waals surface area (Å²) in [6, 6.07) is 24.0. The van der Waals surface area contributed by atoms with Crippen LogP contribution in [0, 0.1) is 3.57 Å². The third kappa shape index (κ3) is 7.60. The number of carbonyl (C=O) groups excluding carboxylic acids is 2. The molecule has 12 heteroatoms. The molecule has 0 saturated heterocycles. The molecule has 2 aliphatic rings. The lowest BCUT2D eigenvalue weighted by atomic mass is 9.99. The maximum Gasteiger partial charge on any atom is 0.416 e. The topological polar surface area (TPSA) is 82.9 Å². The number of alkyl halides is 3. The third-order valence-electron chi connectivity index (χ3n) is 6.36. The van der Waals surface area contributed by atoms with Crippen molar-refractivity contribution in [2.24, 2.45) is 9.98 Å². The van der Waals surface area contributed by atoms with E-state index in [4.69, 9.17) is 0 Å². The lowest BCUT2D eigenvalue weighted by molar-refractivity contribution is -0.137. The minimum absolute atomic E-state index is 0.100. The molecule has 2 aliphatic heterocycles. The summed E-state index contributed by atoms with van der Waals surface area (Å²) < 4.78 is 41.6. The quantitative estimate of drug-likeness (QED) is 0.201. The van der Waals surface area contributed by atoms with Crippen molar-refractivity contribution >= 4 is 89.1 Å². The van der Waals surface area contributed by atoms with E-state index in [9.17, 15) is 22.8 Å². The first-order chi connectivity index (χ1) is 20.5. The van der Waals surface area contributed by atoms with Crippen molar-refractivity contribution < 1.29 is 22.8 Å². The van der Waals surface area contributed by atoms with Gasteiger partial charge in [-0.2, -0.15) is 13.2 Å². The largest absolute Gasteiger partial charge is 0.416 e. The summed E-state index contributed by atoms with van der Waals surface area (Å²) in [4.78, 5) is 32.1. The molecule has 0 spiro atoms. The summed E-state index contributed by atoms with van der Waals surface area (Å²) in [5.74, 6) is -0.397. The highest BCUT2D eigenvalue weighted by Gasteiger charge is 2.31. The highest BCUT2D eigenvalue weighted by atomic mass is 127. The standard InChI is InChI=1S/C16H10F3IN2O.C15H10Br2N2O/c17-16(18,19)10-3-1-2-9(6-10)15-12-7-11(20)4-5-13(12)22-14(23)8-21-15;16-10-3-1-9(2-4-10)15-12-6-5-11(17)7-13(12)19-14(20)8-18-15/h1-7H,8H2,(H,22,23);1-7H,8H2,(H,19,20). The Morgan fingerprint density at radius 2 is 1.30 bits per heavy atom. The van der Waals surface area contributed by atoms with E-state index in [0.717, 1.165) is 47.2 Å². The van der Waals surface area contributed by atoms with Gasteiger partial charge in [-0.1, -0.05) is 56.1 Å². The highest BCUT2D eigenvalue weighted by molar-refractivity contribution is 14.1. The summed E-state index contributed by atoms with van der Waals surface area (Å²) in [7, 11) is 0. The van der Waals surface area contributed by atoms with Gasteiger partial charge in [-0.05, 0) is 83.3 Å². The Bertz CT molecular complexity index is 1790. The molecule has 6 rings (SSSR count). The Morgan fingerprint density at radius 1 is 0.674 bits per heavy atom. The molecule has 0 saturated carbocycles. The zero-order valence-corrected chi connectivity index (χ0v) is 27.3. The van der Waals surface area contributed by atoms with Crippen molar-refractivity contribution in [2.45, 2.75) is 6.18 Å². The van der Waals surface area contributed by atoms with Crippen LogP contribution in [0.1, 0.15) is 27.8 Å². The number of benzene rings is 4. The van der Waals surface area contributed by atoms with Crippen LogP contribution < -0.4 is 10.6 Å². The molecule has 4 aromatic carbocycles. The van der Waals surface area contributed by atoms with Crippen LogP contribution in [0.3, 0.4) is 0 Å². The smallest absolute Gasteiger partial charge is 0.324 e. The van der Waals surface area contributed by atoms with Gasteiger partial charge in [-0.25, -0.2) is 0 Å². The summed E-state index contributed by atoms with van der Waals surface area (Å²) in [6.07, 6.45) is -4.43. The van der Waals surface area contributed by atoms with Crippen molar-refractivity contribution in [2.75, 3.05) is 23.7 Å². The van der Waals surface area contributed by atoms with Crippen LogP contribution in [0.4, 0.5) is 24.5 Å². The van der Waals surface area contributed by atoms with Crippen LogP contribution in [-0.2, 0) is 15.8 Å². The number of benzodiazepines with no additional fused rings is 2. The van der Waals surface area contributed by atoms with Gasteiger partial charge in [0.2, 0.25) is 11.8 Å². The molecule has 2 N–H and O–H groups in total. The molecule has 0 bridgehead atoms. The summed E-state index contributed by atoms with van der Waals surface area (Å²) in [5.41, 5.74) is 4.67. The molecule has 43 heavy (non-hydrogen) atoms. The van der Waals surface area contributed by atoms with Crippen molar-refractivity contribution in [1.82, 2.24) is 0 Å². The third-order valence-corrected chi connectivity index (χ3v) is 8.06. The van der Waals surface area contributed by atoms with Crippen LogP contribution in [-0.4, -0.2) is 36.3 Å². The number of aliphatic imine (C=N–C) groups is 2. The van der Waals surface area contributed by atoms with Crippen molar-refractivity contribution in [3.05, 3.63) is 125 Å². The summed E-state index contributed by atoms with van der Waals surface area (Å²) >= 11 is 8.95. The number of nitrogens with zero attached hydrogens (tertiary/aromatic N) is 2. The SMILES string of the molecule is O=C1CN=C(c2ccc(Br)cc2)c2ccc(Br)cc2N1.O=C1CN=C(c2cccc(C(F)(F)F)c2)c2cc(I)ccc2N1. The van der Waals surface area contributed by atoms with E-state index in [2.05, 4.69) is 75.1 Å². The zero-order chi connectivity index (χ0) is 30.7. The second kappa shape index (κ2) is 13.1. The minimum atomic E-state index is -4.43. The van der Waals surface area contributed by atoms with Crippen molar-refractivity contribution in [1.29, 1.82) is 0 Å². The van der Waals surface area contributed by atoms with Crippen molar-refractivity contribution in [3.63, 3.8) is 0 Å². The Kier molecular flexibility index (Phi) is 9.47. The fraction of sp³-hybridized carbons (Fsp3) is 0.0968. The fourth-order valence-corrected chi connectivity index (χ4v) is 5.56. The summed E-state index contributed by atoms with van der Waals surface area (Å²) in [6.45, 7) is 0.00847. The maximum absolute atomic E-state index is 12.9. The predicted molar refractivity (Wildman–Crippen MR) is 177 cm³/mol. The van der Waals surface area contributed by atoms with E-state index in [0.29, 0.717) is 22.5 Å². The van der Waals surface area contributed by atoms with Crippen LogP contribution in [0.25, 0.3) is 0 Å². The van der Waals surface area contributed by atoms with Gasteiger partial charge >= 0.3 is 6.18 Å². The number of rotatable bonds is 2. The Balaban J connectivity index is 0.000000173. The van der Waals surface area contributed by atoms with Crippen LogP contribution in [0.5, 0.6) is 0 Å². The Morgan fingerprint density at radius 3 is 1.98 bits per heavy atom. The number of halogens is 6. The molecule has 0 aromatic heterocycles. The molecule has 0 unspecified atom stereocenters. The first-order valence-corrected chi connectivity index (χ1v) is 15.4. The van der Waals surface area contributed by atoms with Gasteiger partial charge in [0.25, 0.3) is 0 Å². The lowest BCUT2D eigenvalue weighted by Gasteiger charge is -2.12. The molecule has 0 aliphatic carbocycles. The van der Waals surface area contributed by atoms with Crippen LogP contribution in [0.2, 0.25) is 0 Å². The molecule has 6 nitrogen and oxygen atoms in total. The molecule has 0 atom stereocenters. The van der Waals surface area contributed by atoms with E-state index in [1.165, 1.54) is 6.07 Å². The molecule has 2 amide bonds. The van der Waals surface area contributed by atoms with Gasteiger partial charge in [0.05, 0.1) is 28.4 Å². The van der Waals surface area contributed by atoms with E-state index in [1.54, 1.807) is 18.2 Å². The first-order valence-electron chi connectivity index (χ1n) is 12.7. The first kappa shape index (κ1) is 31.1. The molecular weight excluding hydrogens is 804 g/mol. The van der Waals surface area contributed by atoms with Crippen molar-refractivity contribution in [3.8, 4) is 0 Å². The molecule has 0 fully saturated rings. The highest BCUT2D eigenvalue weighted by Crippen LogP contribution is 2.32. The molecule has 0 radical (unpaired) electrons. The maximum atomic E-state index is 12.9. The average Bonchev–Trinajstić information content (AvgIpc) is 3.23. The number of nitrogens with one attached hydrogen (secondary N) is 2. The van der Waals surface area contributed by atoms with Gasteiger partial charge in [0.1, 0.15) is 13.1 Å². The van der Waals surface area contributed by atoms with E-state index in [-0.39, 0.29) is 24.9 Å². The van der Waals surface area contributed by atoms with Crippen LogP contribution in [0.15, 0.2) is 104 Å².